The highest BCUT2D eigenvalue weighted by Gasteiger charge is 2.05. The van der Waals surface area contributed by atoms with Gasteiger partial charge in [-0.3, -0.25) is 0 Å². The smallest absolute Gasteiger partial charge is 0.120 e. The zero-order valence-electron chi connectivity index (χ0n) is 11.4. The van der Waals surface area contributed by atoms with E-state index < -0.39 is 0 Å². The van der Waals surface area contributed by atoms with Crippen LogP contribution in [0.3, 0.4) is 0 Å². The summed E-state index contributed by atoms with van der Waals surface area (Å²) in [6.45, 7) is 5.17. The van der Waals surface area contributed by atoms with Gasteiger partial charge in [-0.1, -0.05) is 48.5 Å². The van der Waals surface area contributed by atoms with E-state index in [4.69, 9.17) is 0 Å². The van der Waals surface area contributed by atoms with Crippen molar-refractivity contribution in [1.82, 2.24) is 5.32 Å². The van der Waals surface area contributed by atoms with E-state index in [1.165, 1.54) is 32.1 Å². The number of hydrogen-bond acceptors (Lipinski definition) is 2. The van der Waals surface area contributed by atoms with E-state index in [-0.39, 0.29) is 0 Å². The Morgan fingerprint density at radius 2 is 2.06 bits per heavy atom. The molecule has 1 rings (SSSR count). The Kier molecular flexibility index (Phi) is 7.36. The van der Waals surface area contributed by atoms with Gasteiger partial charge in [0.25, 0.3) is 0 Å². The van der Waals surface area contributed by atoms with E-state index >= 15 is 0 Å². The molecule has 0 aliphatic carbocycles. The molecule has 0 radical (unpaired) electrons. The largest absolute Gasteiger partial charge is 0.508 e. The Labute approximate surface area is 119 Å². The van der Waals surface area contributed by atoms with Gasteiger partial charge in [0.05, 0.1) is 0 Å². The summed E-state index contributed by atoms with van der Waals surface area (Å²) in [5, 5.41) is 13.2. The van der Waals surface area contributed by atoms with Gasteiger partial charge in [-0.25, -0.2) is 0 Å². The third-order valence-electron chi connectivity index (χ3n) is 3.17. The molecule has 18 heavy (non-hydrogen) atoms. The first kappa shape index (κ1) is 15.5. The second-order valence-corrected chi connectivity index (χ2v) is 5.82. The fourth-order valence-electron chi connectivity index (χ4n) is 1.96. The van der Waals surface area contributed by atoms with Gasteiger partial charge in [0.2, 0.25) is 0 Å². The summed E-state index contributed by atoms with van der Waals surface area (Å²) in [7, 11) is 0. The van der Waals surface area contributed by atoms with Gasteiger partial charge in [-0.05, 0) is 31.5 Å². The third-order valence-corrected chi connectivity index (χ3v) is 3.67. The van der Waals surface area contributed by atoms with E-state index in [2.05, 4.69) is 35.1 Å². The van der Waals surface area contributed by atoms with Crippen LogP contribution in [0, 0.1) is 0 Å². The van der Waals surface area contributed by atoms with Gasteiger partial charge in [0, 0.05) is 22.6 Å². The van der Waals surface area contributed by atoms with Crippen LogP contribution in [0.4, 0.5) is 0 Å². The molecule has 1 aromatic carbocycles. The number of nitrogens with one attached hydrogen (secondary N) is 1. The number of benzene rings is 1. The van der Waals surface area contributed by atoms with Crippen molar-refractivity contribution >= 4 is 15.9 Å². The molecule has 0 aliphatic heterocycles. The molecular weight excluding hydrogens is 290 g/mol. The maximum Gasteiger partial charge on any atom is 0.120 e. The van der Waals surface area contributed by atoms with Gasteiger partial charge >= 0.3 is 0 Å². The lowest BCUT2D eigenvalue weighted by Gasteiger charge is -2.14. The van der Waals surface area contributed by atoms with Crippen LogP contribution in [0.2, 0.25) is 0 Å². The van der Waals surface area contributed by atoms with Crippen LogP contribution in [0.25, 0.3) is 0 Å². The lowest BCUT2D eigenvalue weighted by molar-refractivity contribution is 0.449. The molecule has 0 bridgehead atoms. The minimum atomic E-state index is 0.365. The molecular formula is C15H24BrNO. The highest BCUT2D eigenvalue weighted by Crippen LogP contribution is 2.21. The van der Waals surface area contributed by atoms with Crippen LogP contribution in [0.5, 0.6) is 5.75 Å². The number of unbranched alkanes of at least 4 members (excludes halogenated alkanes) is 3. The monoisotopic (exact) mass is 313 g/mol. The normalized spacial score (nSPS) is 12.6. The number of halogens is 1. The van der Waals surface area contributed by atoms with Crippen LogP contribution < -0.4 is 5.32 Å². The Morgan fingerprint density at radius 1 is 1.28 bits per heavy atom. The van der Waals surface area contributed by atoms with E-state index in [1.54, 1.807) is 6.07 Å². The quantitative estimate of drug-likeness (QED) is 0.687. The van der Waals surface area contributed by atoms with E-state index in [1.807, 2.05) is 12.1 Å². The van der Waals surface area contributed by atoms with Gasteiger partial charge in [0.15, 0.2) is 0 Å². The average Bonchev–Trinajstić information content (AvgIpc) is 2.36. The second kappa shape index (κ2) is 8.54. The summed E-state index contributed by atoms with van der Waals surface area (Å²) in [6.07, 6.45) is 6.43. The van der Waals surface area contributed by atoms with Crippen molar-refractivity contribution in [3.05, 3.63) is 28.2 Å². The lowest BCUT2D eigenvalue weighted by atomic mass is 10.1. The van der Waals surface area contributed by atoms with Crippen molar-refractivity contribution in [2.45, 2.75) is 58.5 Å². The maximum atomic E-state index is 9.73. The number of aromatic hydroxyl groups is 1. The Morgan fingerprint density at radius 3 is 2.78 bits per heavy atom. The maximum absolute atomic E-state index is 9.73. The lowest BCUT2D eigenvalue weighted by Crippen LogP contribution is -2.25. The molecule has 0 aliphatic rings. The third kappa shape index (κ3) is 5.87. The molecule has 0 heterocycles. The number of phenolic OH excluding ortho intramolecular Hbond substituents is 1. The highest BCUT2D eigenvalue weighted by atomic mass is 79.9. The molecule has 1 unspecified atom stereocenters. The predicted molar refractivity (Wildman–Crippen MR) is 80.9 cm³/mol. The Balaban J connectivity index is 2.29. The van der Waals surface area contributed by atoms with Crippen molar-refractivity contribution in [1.29, 1.82) is 0 Å². The summed E-state index contributed by atoms with van der Waals surface area (Å²) < 4.78 is 1.01. The summed E-state index contributed by atoms with van der Waals surface area (Å²) in [5.41, 5.74) is 0.949. The standard InChI is InChI=1S/C15H24BrNO/c1-3-4-5-6-7-12(2)17-11-13-10-14(16)8-9-15(13)18/h8-10,12,17-18H,3-7,11H2,1-2H3. The van der Waals surface area contributed by atoms with Crippen LogP contribution in [-0.4, -0.2) is 11.1 Å². The molecule has 2 N–H and O–H groups in total. The van der Waals surface area contributed by atoms with Crippen molar-refractivity contribution in [2.24, 2.45) is 0 Å². The average molecular weight is 314 g/mol. The first-order valence-corrected chi connectivity index (χ1v) is 7.63. The van der Waals surface area contributed by atoms with Crippen molar-refractivity contribution < 1.29 is 5.11 Å². The zero-order chi connectivity index (χ0) is 13.4. The van der Waals surface area contributed by atoms with Crippen LogP contribution >= 0.6 is 15.9 Å². The number of hydrogen-bond donors (Lipinski definition) is 2. The Bertz CT molecular complexity index is 354. The minimum Gasteiger partial charge on any atom is -0.508 e. The number of phenols is 1. The van der Waals surface area contributed by atoms with Gasteiger partial charge in [0.1, 0.15) is 5.75 Å². The van der Waals surface area contributed by atoms with Crippen molar-refractivity contribution in [2.75, 3.05) is 0 Å². The Hall–Kier alpha value is -0.540. The summed E-state index contributed by atoms with van der Waals surface area (Å²) in [5.74, 6) is 0.365. The van der Waals surface area contributed by atoms with E-state index in [0.717, 1.165) is 16.6 Å². The predicted octanol–water partition coefficient (Wildman–Crippen LogP) is 4.60. The summed E-state index contributed by atoms with van der Waals surface area (Å²) in [4.78, 5) is 0. The summed E-state index contributed by atoms with van der Waals surface area (Å²) >= 11 is 3.42. The second-order valence-electron chi connectivity index (χ2n) is 4.90. The van der Waals surface area contributed by atoms with Crippen LogP contribution in [-0.2, 0) is 6.54 Å². The molecule has 102 valence electrons. The molecule has 2 nitrogen and oxygen atoms in total. The van der Waals surface area contributed by atoms with Crippen molar-refractivity contribution in [3.63, 3.8) is 0 Å². The molecule has 0 aromatic heterocycles. The zero-order valence-corrected chi connectivity index (χ0v) is 13.0. The van der Waals surface area contributed by atoms with Crippen molar-refractivity contribution in [3.8, 4) is 5.75 Å². The molecule has 0 saturated heterocycles. The molecule has 3 heteroatoms. The molecule has 1 aromatic rings. The highest BCUT2D eigenvalue weighted by molar-refractivity contribution is 9.10. The first-order chi connectivity index (χ1) is 8.63. The van der Waals surface area contributed by atoms with Gasteiger partial charge in [-0.15, -0.1) is 0 Å². The van der Waals surface area contributed by atoms with Gasteiger partial charge in [-0.2, -0.15) is 0 Å². The van der Waals surface area contributed by atoms with Crippen LogP contribution in [0.1, 0.15) is 51.5 Å². The molecule has 0 amide bonds. The SMILES string of the molecule is CCCCCCC(C)NCc1cc(Br)ccc1O. The van der Waals surface area contributed by atoms with Crippen LogP contribution in [0.15, 0.2) is 22.7 Å². The first-order valence-electron chi connectivity index (χ1n) is 6.84. The molecule has 0 fully saturated rings. The number of rotatable bonds is 8. The summed E-state index contributed by atoms with van der Waals surface area (Å²) in [6, 6.07) is 6.05. The molecule has 0 spiro atoms. The van der Waals surface area contributed by atoms with E-state index in [9.17, 15) is 5.11 Å². The molecule has 0 saturated carbocycles. The fraction of sp³-hybridized carbons (Fsp3) is 0.600. The van der Waals surface area contributed by atoms with E-state index in [0.29, 0.717) is 11.8 Å². The fourth-order valence-corrected chi connectivity index (χ4v) is 2.37. The minimum absolute atomic E-state index is 0.365. The molecule has 1 atom stereocenters. The topological polar surface area (TPSA) is 32.3 Å². The van der Waals surface area contributed by atoms with Gasteiger partial charge < -0.3 is 10.4 Å².